The van der Waals surface area contributed by atoms with E-state index in [-0.39, 0.29) is 18.2 Å². The number of benzene rings is 1. The second kappa shape index (κ2) is 10.2. The molecule has 2 aromatic rings. The van der Waals surface area contributed by atoms with Crippen LogP contribution in [-0.2, 0) is 16.0 Å². The first kappa shape index (κ1) is 20.3. The van der Waals surface area contributed by atoms with Gasteiger partial charge in [-0.1, -0.05) is 29.6 Å². The first-order chi connectivity index (χ1) is 13.6. The number of halogens is 1. The summed E-state index contributed by atoms with van der Waals surface area (Å²) in [5, 5.41) is 7.36. The van der Waals surface area contributed by atoms with E-state index in [0.717, 1.165) is 31.5 Å². The van der Waals surface area contributed by atoms with Crippen LogP contribution in [0, 0.1) is 0 Å². The van der Waals surface area contributed by atoms with E-state index in [4.69, 9.17) is 16.1 Å². The highest BCUT2D eigenvalue weighted by Gasteiger charge is 2.15. The SMILES string of the molecule is O=C(CCc1nc(-c2ccc(Cl)cc2)no1)NCCC(=O)N1CCCCCC1. The van der Waals surface area contributed by atoms with Gasteiger partial charge in [0, 0.05) is 49.5 Å². The van der Waals surface area contributed by atoms with Crippen LogP contribution >= 0.6 is 11.6 Å². The highest BCUT2D eigenvalue weighted by atomic mass is 35.5. The fourth-order valence-corrected chi connectivity index (χ4v) is 3.29. The van der Waals surface area contributed by atoms with E-state index in [2.05, 4.69) is 15.5 Å². The third-order valence-corrected chi connectivity index (χ3v) is 5.01. The van der Waals surface area contributed by atoms with E-state index < -0.39 is 0 Å². The zero-order valence-electron chi connectivity index (χ0n) is 15.8. The maximum Gasteiger partial charge on any atom is 0.227 e. The third-order valence-electron chi connectivity index (χ3n) is 4.76. The van der Waals surface area contributed by atoms with Gasteiger partial charge in [-0.2, -0.15) is 4.98 Å². The number of aromatic nitrogens is 2. The van der Waals surface area contributed by atoms with Crippen LogP contribution in [0.15, 0.2) is 28.8 Å². The Kier molecular flexibility index (Phi) is 7.42. The van der Waals surface area contributed by atoms with Gasteiger partial charge in [0.05, 0.1) is 0 Å². The van der Waals surface area contributed by atoms with E-state index >= 15 is 0 Å². The van der Waals surface area contributed by atoms with Gasteiger partial charge < -0.3 is 14.7 Å². The Balaban J connectivity index is 1.37. The molecule has 1 saturated heterocycles. The van der Waals surface area contributed by atoms with E-state index in [1.807, 2.05) is 17.0 Å². The molecule has 0 unspecified atom stereocenters. The Bertz CT molecular complexity index is 783. The summed E-state index contributed by atoms with van der Waals surface area (Å²) >= 11 is 5.87. The largest absolute Gasteiger partial charge is 0.356 e. The maximum absolute atomic E-state index is 12.2. The number of amides is 2. The van der Waals surface area contributed by atoms with Crippen molar-refractivity contribution < 1.29 is 14.1 Å². The molecule has 1 fully saturated rings. The second-order valence-corrected chi connectivity index (χ2v) is 7.35. The van der Waals surface area contributed by atoms with Crippen LogP contribution in [0.3, 0.4) is 0 Å². The molecule has 0 atom stereocenters. The van der Waals surface area contributed by atoms with Crippen molar-refractivity contribution in [2.45, 2.75) is 44.9 Å². The number of rotatable bonds is 7. The number of aryl methyl sites for hydroxylation is 1. The van der Waals surface area contributed by atoms with Crippen molar-refractivity contribution in [3.05, 3.63) is 35.2 Å². The Hall–Kier alpha value is -2.41. The van der Waals surface area contributed by atoms with Gasteiger partial charge in [-0.3, -0.25) is 9.59 Å². The predicted molar refractivity (Wildman–Crippen MR) is 106 cm³/mol. The predicted octanol–water partition coefficient (Wildman–Crippen LogP) is 3.23. The topological polar surface area (TPSA) is 88.3 Å². The smallest absolute Gasteiger partial charge is 0.227 e. The minimum absolute atomic E-state index is 0.117. The zero-order valence-corrected chi connectivity index (χ0v) is 16.6. The molecule has 8 heteroatoms. The molecular formula is C20H25ClN4O3. The molecular weight excluding hydrogens is 380 g/mol. The van der Waals surface area contributed by atoms with Gasteiger partial charge in [-0.05, 0) is 37.1 Å². The first-order valence-electron chi connectivity index (χ1n) is 9.75. The molecule has 150 valence electrons. The van der Waals surface area contributed by atoms with Gasteiger partial charge in [0.25, 0.3) is 0 Å². The molecule has 0 radical (unpaired) electrons. The van der Waals surface area contributed by atoms with E-state index in [1.165, 1.54) is 12.8 Å². The summed E-state index contributed by atoms with van der Waals surface area (Å²) < 4.78 is 5.20. The molecule has 1 N–H and O–H groups in total. The van der Waals surface area contributed by atoms with Gasteiger partial charge in [0.15, 0.2) is 0 Å². The lowest BCUT2D eigenvalue weighted by molar-refractivity contribution is -0.131. The number of hydrogen-bond acceptors (Lipinski definition) is 5. The average molecular weight is 405 g/mol. The molecule has 1 aromatic heterocycles. The van der Waals surface area contributed by atoms with Gasteiger partial charge >= 0.3 is 0 Å². The van der Waals surface area contributed by atoms with Crippen LogP contribution < -0.4 is 5.32 Å². The number of nitrogens with zero attached hydrogens (tertiary/aromatic N) is 3. The summed E-state index contributed by atoms with van der Waals surface area (Å²) in [5.74, 6) is 0.859. The lowest BCUT2D eigenvalue weighted by Gasteiger charge is -2.20. The number of carbonyl (C=O) groups excluding carboxylic acids is 2. The van der Waals surface area contributed by atoms with Crippen LogP contribution in [0.4, 0.5) is 0 Å². The maximum atomic E-state index is 12.2. The van der Waals surface area contributed by atoms with E-state index in [1.54, 1.807) is 12.1 Å². The van der Waals surface area contributed by atoms with Gasteiger partial charge in [0.2, 0.25) is 23.5 Å². The molecule has 28 heavy (non-hydrogen) atoms. The molecule has 2 amide bonds. The fourth-order valence-electron chi connectivity index (χ4n) is 3.17. The fraction of sp³-hybridized carbons (Fsp3) is 0.500. The van der Waals surface area contributed by atoms with Gasteiger partial charge in [0.1, 0.15) is 0 Å². The quantitative estimate of drug-likeness (QED) is 0.765. The number of nitrogens with one attached hydrogen (secondary N) is 1. The summed E-state index contributed by atoms with van der Waals surface area (Å²) in [6, 6.07) is 7.14. The van der Waals surface area contributed by atoms with Crippen LogP contribution in [0.1, 0.15) is 44.4 Å². The monoisotopic (exact) mass is 404 g/mol. The van der Waals surface area contributed by atoms with Crippen LogP contribution in [0.2, 0.25) is 5.02 Å². The van der Waals surface area contributed by atoms with E-state index in [0.29, 0.717) is 36.1 Å². The number of likely N-dealkylation sites (tertiary alicyclic amines) is 1. The van der Waals surface area contributed by atoms with Crippen LogP contribution in [0.25, 0.3) is 11.4 Å². The number of hydrogen-bond donors (Lipinski definition) is 1. The standard InChI is InChI=1S/C20H25ClN4O3/c21-16-7-5-15(6-8-16)20-23-18(28-24-20)10-9-17(26)22-12-11-19(27)25-13-3-1-2-4-14-25/h5-8H,1-4,9-14H2,(H,22,26). The molecule has 0 aliphatic carbocycles. The van der Waals surface area contributed by atoms with Crippen molar-refractivity contribution in [1.82, 2.24) is 20.4 Å². The molecule has 2 heterocycles. The zero-order chi connectivity index (χ0) is 19.8. The van der Waals surface area contributed by atoms with Crippen LogP contribution in [-0.4, -0.2) is 46.5 Å². The first-order valence-corrected chi connectivity index (χ1v) is 10.1. The summed E-state index contributed by atoms with van der Waals surface area (Å²) in [4.78, 5) is 30.4. The lowest BCUT2D eigenvalue weighted by atomic mass is 10.2. The Morgan fingerprint density at radius 2 is 1.79 bits per heavy atom. The highest BCUT2D eigenvalue weighted by Crippen LogP contribution is 2.19. The van der Waals surface area contributed by atoms with Gasteiger partial charge in [-0.15, -0.1) is 0 Å². The summed E-state index contributed by atoms with van der Waals surface area (Å²) in [6.45, 7) is 2.02. The summed E-state index contributed by atoms with van der Waals surface area (Å²) in [6.07, 6.45) is 5.45. The third kappa shape index (κ3) is 6.05. The summed E-state index contributed by atoms with van der Waals surface area (Å²) in [7, 11) is 0. The van der Waals surface area contributed by atoms with Crippen molar-refractivity contribution in [2.75, 3.05) is 19.6 Å². The van der Waals surface area contributed by atoms with Gasteiger partial charge in [-0.25, -0.2) is 0 Å². The molecule has 0 saturated carbocycles. The molecule has 1 aliphatic heterocycles. The molecule has 0 bridgehead atoms. The Morgan fingerprint density at radius 3 is 2.50 bits per heavy atom. The molecule has 7 nitrogen and oxygen atoms in total. The van der Waals surface area contributed by atoms with E-state index in [9.17, 15) is 9.59 Å². The molecule has 0 spiro atoms. The molecule has 1 aliphatic rings. The van der Waals surface area contributed by atoms with Crippen molar-refractivity contribution in [3.8, 4) is 11.4 Å². The minimum Gasteiger partial charge on any atom is -0.356 e. The lowest BCUT2D eigenvalue weighted by Crippen LogP contribution is -2.35. The molecule has 3 rings (SSSR count). The average Bonchev–Trinajstić information content (AvgIpc) is 2.99. The van der Waals surface area contributed by atoms with Crippen molar-refractivity contribution in [1.29, 1.82) is 0 Å². The van der Waals surface area contributed by atoms with Crippen molar-refractivity contribution in [2.24, 2.45) is 0 Å². The van der Waals surface area contributed by atoms with Crippen LogP contribution in [0.5, 0.6) is 0 Å². The Labute approximate surface area is 169 Å². The second-order valence-electron chi connectivity index (χ2n) is 6.91. The Morgan fingerprint density at radius 1 is 1.07 bits per heavy atom. The minimum atomic E-state index is -0.130. The summed E-state index contributed by atoms with van der Waals surface area (Å²) in [5.41, 5.74) is 0.802. The normalized spacial score (nSPS) is 14.5. The highest BCUT2D eigenvalue weighted by molar-refractivity contribution is 6.30. The van der Waals surface area contributed by atoms with Crippen molar-refractivity contribution >= 4 is 23.4 Å². The molecule has 1 aromatic carbocycles. The van der Waals surface area contributed by atoms with Crippen molar-refractivity contribution in [3.63, 3.8) is 0 Å². The number of carbonyl (C=O) groups is 2.